The van der Waals surface area contributed by atoms with Crippen molar-refractivity contribution >= 4 is 51.2 Å². The lowest BCUT2D eigenvalue weighted by Crippen LogP contribution is -2.40. The first-order chi connectivity index (χ1) is 17.2. The van der Waals surface area contributed by atoms with Gasteiger partial charge in [0.25, 0.3) is 11.5 Å². The maximum Gasteiger partial charge on any atom is 0.305 e. The van der Waals surface area contributed by atoms with Crippen molar-refractivity contribution in [1.82, 2.24) is 15.2 Å². The van der Waals surface area contributed by atoms with E-state index in [1.165, 1.54) is 20.3 Å². The number of ether oxygens (including phenoxy) is 2. The Morgan fingerprint density at radius 1 is 1.11 bits per heavy atom. The molecule has 1 amide bonds. The van der Waals surface area contributed by atoms with Gasteiger partial charge in [0.2, 0.25) is 0 Å². The van der Waals surface area contributed by atoms with Gasteiger partial charge in [-0.15, -0.1) is 0 Å². The van der Waals surface area contributed by atoms with Crippen molar-refractivity contribution in [3.8, 4) is 0 Å². The molecule has 0 unspecified atom stereocenters. The van der Waals surface area contributed by atoms with Crippen molar-refractivity contribution in [3.63, 3.8) is 0 Å². The third-order valence-corrected chi connectivity index (χ3v) is 6.72. The van der Waals surface area contributed by atoms with Gasteiger partial charge in [0, 0.05) is 24.7 Å². The van der Waals surface area contributed by atoms with Crippen LogP contribution in [0, 0.1) is 5.92 Å². The molecule has 1 aliphatic heterocycles. The molecule has 0 spiro atoms. The molecule has 0 saturated carbocycles. The summed E-state index contributed by atoms with van der Waals surface area (Å²) in [6, 6.07) is 1.29. The molecule has 0 aromatic carbocycles. The number of carbonyl (C=O) groups excluding carboxylic acids is 3. The van der Waals surface area contributed by atoms with E-state index in [-0.39, 0.29) is 28.3 Å². The molecule has 1 aromatic rings. The van der Waals surface area contributed by atoms with Crippen molar-refractivity contribution in [2.75, 3.05) is 51.5 Å². The zero-order valence-electron chi connectivity index (χ0n) is 21.1. The molecule has 4 N–H and O–H groups in total. The van der Waals surface area contributed by atoms with Gasteiger partial charge in [-0.2, -0.15) is 0 Å². The lowest BCUT2D eigenvalue weighted by molar-refractivity contribution is -0.141. The number of alkyl halides is 1. The van der Waals surface area contributed by atoms with E-state index in [1.807, 2.05) is 0 Å². The number of anilines is 1. The van der Waals surface area contributed by atoms with Crippen molar-refractivity contribution in [2.24, 2.45) is 5.92 Å². The molecule has 1 fully saturated rings. The Labute approximate surface area is 225 Å². The molecule has 1 aromatic heterocycles. The van der Waals surface area contributed by atoms with Gasteiger partial charge in [0.15, 0.2) is 0 Å². The molecule has 1 aliphatic rings. The summed E-state index contributed by atoms with van der Waals surface area (Å²) in [5, 5.41) is 3.93. The second-order valence-electron chi connectivity index (χ2n) is 8.52. The third-order valence-electron chi connectivity index (χ3n) is 5.85. The van der Waals surface area contributed by atoms with Gasteiger partial charge in [-0.05, 0) is 70.1 Å². The van der Waals surface area contributed by atoms with Crippen LogP contribution in [0.2, 0.25) is 5.02 Å². The molecule has 10 nitrogen and oxygen atoms in total. The Morgan fingerprint density at radius 3 is 2.25 bits per heavy atom. The number of nitrogens with two attached hydrogens (primary N) is 1. The van der Waals surface area contributed by atoms with Gasteiger partial charge in [-0.25, -0.2) is 0 Å². The van der Waals surface area contributed by atoms with Crippen LogP contribution in [-0.4, -0.2) is 73.5 Å². The topological polar surface area (TPSA) is 144 Å². The van der Waals surface area contributed by atoms with Crippen LogP contribution in [0.15, 0.2) is 10.9 Å². The largest absolute Gasteiger partial charge is 0.469 e. The van der Waals surface area contributed by atoms with Crippen LogP contribution in [0.3, 0.4) is 0 Å². The zero-order valence-corrected chi connectivity index (χ0v) is 23.4. The number of nitrogens with zero attached hydrogens (tertiary/aromatic N) is 1. The summed E-state index contributed by atoms with van der Waals surface area (Å²) in [5.74, 6) is -0.286. The molecule has 0 bridgehead atoms. The molecule has 0 atom stereocenters. The fourth-order valence-electron chi connectivity index (χ4n) is 3.61. The number of methoxy groups -OCH3 is 2. The first kappa shape index (κ1) is 31.9. The molecule has 0 aliphatic carbocycles. The molecule has 12 heteroatoms. The van der Waals surface area contributed by atoms with E-state index in [2.05, 4.69) is 40.6 Å². The van der Waals surface area contributed by atoms with Crippen LogP contribution in [0.25, 0.3) is 0 Å². The second kappa shape index (κ2) is 18.2. The number of rotatable bonds is 12. The van der Waals surface area contributed by atoms with Crippen LogP contribution in [0.5, 0.6) is 0 Å². The van der Waals surface area contributed by atoms with Crippen LogP contribution in [-0.2, 0) is 19.1 Å². The lowest BCUT2D eigenvalue weighted by atomic mass is 9.96. The summed E-state index contributed by atoms with van der Waals surface area (Å²) in [4.78, 5) is 50.3. The lowest BCUT2D eigenvalue weighted by Gasteiger charge is -2.32. The second-order valence-corrected chi connectivity index (χ2v) is 9.72. The summed E-state index contributed by atoms with van der Waals surface area (Å²) in [6.07, 6.45) is 6.73. The third kappa shape index (κ3) is 12.7. The van der Waals surface area contributed by atoms with E-state index in [4.69, 9.17) is 17.3 Å². The number of likely N-dealkylation sites (tertiary alicyclic amines) is 1. The number of aromatic amines is 1. The standard InChI is InChI=1S/C18H27ClN4O4.C6H11BrO2/c1-27-15(24)4-2-3-7-23-8-5-12(6-9-23)11-21-17(25)13-10-14(19)16(20)22-18(13)26;1-9-6(8)4-2-3-5-7/h10,12H,2-9,11H2,1H3,(H,21,25)(H3,20,22,26);2-5H2,1H3. The van der Waals surface area contributed by atoms with Crippen molar-refractivity contribution in [2.45, 2.75) is 51.4 Å². The quantitative estimate of drug-likeness (QED) is 0.191. The average molecular weight is 594 g/mol. The number of hydrogen-bond donors (Lipinski definition) is 3. The number of nitrogen functional groups attached to an aromatic ring is 1. The number of carbonyl (C=O) groups is 3. The number of pyridine rings is 1. The van der Waals surface area contributed by atoms with Gasteiger partial charge in [0.1, 0.15) is 11.4 Å². The zero-order chi connectivity index (χ0) is 26.9. The molecule has 2 rings (SSSR count). The Hall–Kier alpha value is -2.11. The highest BCUT2D eigenvalue weighted by Crippen LogP contribution is 2.18. The van der Waals surface area contributed by atoms with E-state index in [9.17, 15) is 19.2 Å². The van der Waals surface area contributed by atoms with Crippen LogP contribution >= 0.6 is 27.5 Å². The van der Waals surface area contributed by atoms with E-state index in [0.29, 0.717) is 25.3 Å². The van der Waals surface area contributed by atoms with E-state index in [0.717, 1.165) is 63.5 Å². The molecule has 2 heterocycles. The van der Waals surface area contributed by atoms with Crippen LogP contribution in [0.4, 0.5) is 5.82 Å². The van der Waals surface area contributed by atoms with Crippen molar-refractivity contribution in [1.29, 1.82) is 0 Å². The molecule has 36 heavy (non-hydrogen) atoms. The fraction of sp³-hybridized carbons (Fsp3) is 0.667. The number of nitrogens with one attached hydrogen (secondary N) is 2. The monoisotopic (exact) mass is 592 g/mol. The number of esters is 2. The Balaban J connectivity index is 0.000000613. The molecule has 0 radical (unpaired) electrons. The Kier molecular flexibility index (Phi) is 16.1. The summed E-state index contributed by atoms with van der Waals surface area (Å²) in [7, 11) is 2.82. The van der Waals surface area contributed by atoms with E-state index < -0.39 is 11.5 Å². The molecule has 1 saturated heterocycles. The maximum atomic E-state index is 12.2. The van der Waals surface area contributed by atoms with Crippen molar-refractivity contribution < 1.29 is 23.9 Å². The molecular weight excluding hydrogens is 556 g/mol. The minimum atomic E-state index is -0.545. The molecule has 204 valence electrons. The number of hydrogen-bond acceptors (Lipinski definition) is 8. The summed E-state index contributed by atoms with van der Waals surface area (Å²) in [6.45, 7) is 3.42. The van der Waals surface area contributed by atoms with E-state index >= 15 is 0 Å². The van der Waals surface area contributed by atoms with Gasteiger partial charge in [-0.1, -0.05) is 27.5 Å². The Morgan fingerprint density at radius 2 is 1.69 bits per heavy atom. The van der Waals surface area contributed by atoms with Crippen molar-refractivity contribution in [3.05, 3.63) is 27.0 Å². The molecular formula is C24H38BrClN4O6. The number of halogens is 2. The SMILES string of the molecule is COC(=O)CCCCBr.COC(=O)CCCCN1CCC(CNC(=O)c2cc(Cl)c(N)[nH]c2=O)CC1. The van der Waals surface area contributed by atoms with Gasteiger partial charge in [0.05, 0.1) is 19.2 Å². The number of piperidine rings is 1. The summed E-state index contributed by atoms with van der Waals surface area (Å²) in [5.41, 5.74) is 4.94. The highest BCUT2D eigenvalue weighted by atomic mass is 79.9. The normalized spacial score (nSPS) is 13.9. The predicted octanol–water partition coefficient (Wildman–Crippen LogP) is 3.12. The first-order valence-corrected chi connectivity index (χ1v) is 13.6. The summed E-state index contributed by atoms with van der Waals surface area (Å²) < 4.78 is 9.07. The van der Waals surface area contributed by atoms with Crippen LogP contribution < -0.4 is 16.6 Å². The number of aromatic nitrogens is 1. The predicted molar refractivity (Wildman–Crippen MR) is 144 cm³/mol. The highest BCUT2D eigenvalue weighted by Gasteiger charge is 2.20. The van der Waals surface area contributed by atoms with Gasteiger partial charge >= 0.3 is 11.9 Å². The number of amides is 1. The smallest absolute Gasteiger partial charge is 0.305 e. The van der Waals surface area contributed by atoms with Gasteiger partial charge < -0.3 is 30.4 Å². The number of unbranched alkanes of at least 4 members (excludes halogenated alkanes) is 2. The van der Waals surface area contributed by atoms with Crippen LogP contribution in [0.1, 0.15) is 61.7 Å². The minimum Gasteiger partial charge on any atom is -0.469 e. The highest BCUT2D eigenvalue weighted by molar-refractivity contribution is 9.09. The average Bonchev–Trinajstić information content (AvgIpc) is 2.88. The van der Waals surface area contributed by atoms with E-state index in [1.54, 1.807) is 0 Å². The number of H-pyrrole nitrogens is 1. The Bertz CT molecular complexity index is 890. The van der Waals surface area contributed by atoms with Gasteiger partial charge in [-0.3, -0.25) is 19.2 Å². The fourth-order valence-corrected chi connectivity index (χ4v) is 4.16. The first-order valence-electron chi connectivity index (χ1n) is 12.1. The maximum absolute atomic E-state index is 12.2. The summed E-state index contributed by atoms with van der Waals surface area (Å²) >= 11 is 9.14. The minimum absolute atomic E-state index is 0.0303.